The fraction of sp³-hybridized carbons (Fsp3) is 0.650. The standard InChI is InChI=1S/C20H31N3O.HI/c1-6-14-7-9-15(10-8-14)13-23(5)19(21-4)22-17-16-11-12-24-18(16)20(17,2)3;/h7-10,16-18H,6,11-13H2,1-5H3,(H,21,22);1H. The van der Waals surface area contributed by atoms with Gasteiger partial charge in [0.1, 0.15) is 0 Å². The van der Waals surface area contributed by atoms with Gasteiger partial charge in [0.15, 0.2) is 5.96 Å². The largest absolute Gasteiger partial charge is 0.377 e. The Morgan fingerprint density at radius 2 is 1.92 bits per heavy atom. The molecule has 2 fully saturated rings. The van der Waals surface area contributed by atoms with E-state index in [2.05, 4.69) is 67.3 Å². The van der Waals surface area contributed by atoms with E-state index in [-0.39, 0.29) is 29.4 Å². The van der Waals surface area contributed by atoms with Gasteiger partial charge in [0.2, 0.25) is 0 Å². The zero-order valence-corrected chi connectivity index (χ0v) is 18.4. The molecular weight excluding hydrogens is 425 g/mol. The molecule has 1 aliphatic heterocycles. The number of halogens is 1. The lowest BCUT2D eigenvalue weighted by Gasteiger charge is -2.55. The molecule has 1 aromatic carbocycles. The Hall–Kier alpha value is -0.820. The van der Waals surface area contributed by atoms with Crippen LogP contribution in [0.15, 0.2) is 29.3 Å². The average Bonchev–Trinajstić information content (AvgIpc) is 3.03. The smallest absolute Gasteiger partial charge is 0.193 e. The molecule has 1 aromatic rings. The molecular formula is C20H32IN3O. The van der Waals surface area contributed by atoms with Crippen LogP contribution in [0.2, 0.25) is 0 Å². The van der Waals surface area contributed by atoms with E-state index >= 15 is 0 Å². The Morgan fingerprint density at radius 1 is 1.28 bits per heavy atom. The van der Waals surface area contributed by atoms with Crippen LogP contribution in [0.3, 0.4) is 0 Å². The Labute approximate surface area is 169 Å². The molecule has 1 saturated heterocycles. The Bertz CT molecular complexity index is 599. The van der Waals surface area contributed by atoms with Crippen LogP contribution < -0.4 is 5.32 Å². The van der Waals surface area contributed by atoms with Gasteiger partial charge in [0, 0.05) is 44.6 Å². The van der Waals surface area contributed by atoms with Crippen molar-refractivity contribution in [2.75, 3.05) is 20.7 Å². The van der Waals surface area contributed by atoms with Crippen LogP contribution in [0.25, 0.3) is 0 Å². The number of fused-ring (bicyclic) bond motifs is 1. The molecule has 25 heavy (non-hydrogen) atoms. The number of ether oxygens (including phenoxy) is 1. The number of benzene rings is 1. The molecule has 5 heteroatoms. The van der Waals surface area contributed by atoms with Crippen molar-refractivity contribution in [1.82, 2.24) is 10.2 Å². The Morgan fingerprint density at radius 3 is 2.52 bits per heavy atom. The van der Waals surface area contributed by atoms with Crippen molar-refractivity contribution in [1.29, 1.82) is 0 Å². The third-order valence-electron chi connectivity index (χ3n) is 5.81. The maximum Gasteiger partial charge on any atom is 0.193 e. The van der Waals surface area contributed by atoms with Crippen LogP contribution in [0.5, 0.6) is 0 Å². The molecule has 140 valence electrons. The predicted molar refractivity (Wildman–Crippen MR) is 115 cm³/mol. The topological polar surface area (TPSA) is 36.9 Å². The van der Waals surface area contributed by atoms with Crippen molar-refractivity contribution in [2.45, 2.75) is 52.3 Å². The van der Waals surface area contributed by atoms with Crippen molar-refractivity contribution in [3.05, 3.63) is 35.4 Å². The van der Waals surface area contributed by atoms with Crippen LogP contribution in [0, 0.1) is 11.3 Å². The Kier molecular flexibility index (Phi) is 6.76. The molecule has 0 radical (unpaired) electrons. The van der Waals surface area contributed by atoms with E-state index in [0.717, 1.165) is 32.0 Å². The highest BCUT2D eigenvalue weighted by Gasteiger charge is 2.59. The second-order valence-corrected chi connectivity index (χ2v) is 7.76. The van der Waals surface area contributed by atoms with Crippen LogP contribution in [-0.4, -0.2) is 43.7 Å². The van der Waals surface area contributed by atoms with E-state index in [1.807, 2.05) is 7.05 Å². The van der Waals surface area contributed by atoms with Gasteiger partial charge in [-0.05, 0) is 24.0 Å². The number of nitrogens with one attached hydrogen (secondary N) is 1. The third kappa shape index (κ3) is 3.97. The van der Waals surface area contributed by atoms with Gasteiger partial charge in [-0.1, -0.05) is 45.0 Å². The number of nitrogens with zero attached hydrogens (tertiary/aromatic N) is 2. The molecule has 3 atom stereocenters. The molecule has 1 N–H and O–H groups in total. The van der Waals surface area contributed by atoms with Crippen LogP contribution in [-0.2, 0) is 17.7 Å². The van der Waals surface area contributed by atoms with Gasteiger partial charge in [0.25, 0.3) is 0 Å². The summed E-state index contributed by atoms with van der Waals surface area (Å²) in [5.41, 5.74) is 2.86. The lowest BCUT2D eigenvalue weighted by molar-refractivity contribution is -0.107. The second kappa shape index (κ2) is 8.25. The zero-order chi connectivity index (χ0) is 17.3. The normalized spacial score (nSPS) is 27.1. The number of rotatable bonds is 4. The van der Waals surface area contributed by atoms with Crippen LogP contribution >= 0.6 is 24.0 Å². The highest BCUT2D eigenvalue weighted by molar-refractivity contribution is 14.0. The quantitative estimate of drug-likeness (QED) is 0.426. The first-order valence-electron chi connectivity index (χ1n) is 9.11. The minimum atomic E-state index is 0. The third-order valence-corrected chi connectivity index (χ3v) is 5.81. The molecule has 2 aliphatic rings. The number of hydrogen-bond acceptors (Lipinski definition) is 2. The number of aliphatic imine (C=N–C) groups is 1. The first-order valence-corrected chi connectivity index (χ1v) is 9.11. The van der Waals surface area contributed by atoms with Crippen LogP contribution in [0.1, 0.15) is 38.3 Å². The molecule has 0 spiro atoms. The molecule has 0 amide bonds. The van der Waals surface area contributed by atoms with E-state index < -0.39 is 0 Å². The van der Waals surface area contributed by atoms with E-state index in [4.69, 9.17) is 4.74 Å². The Balaban J connectivity index is 0.00000225. The summed E-state index contributed by atoms with van der Waals surface area (Å²) < 4.78 is 5.90. The lowest BCUT2D eigenvalue weighted by atomic mass is 9.57. The number of hydrogen-bond donors (Lipinski definition) is 1. The van der Waals surface area contributed by atoms with Crippen molar-refractivity contribution >= 4 is 29.9 Å². The number of guanidine groups is 1. The van der Waals surface area contributed by atoms with Gasteiger partial charge in [-0.2, -0.15) is 0 Å². The zero-order valence-electron chi connectivity index (χ0n) is 16.1. The molecule has 0 bridgehead atoms. The van der Waals surface area contributed by atoms with Gasteiger partial charge in [-0.25, -0.2) is 0 Å². The van der Waals surface area contributed by atoms with E-state index in [1.165, 1.54) is 11.1 Å². The fourth-order valence-corrected chi connectivity index (χ4v) is 4.33. The molecule has 1 aliphatic carbocycles. The molecule has 3 rings (SSSR count). The average molecular weight is 457 g/mol. The van der Waals surface area contributed by atoms with Crippen molar-refractivity contribution < 1.29 is 4.74 Å². The maximum atomic E-state index is 5.90. The maximum absolute atomic E-state index is 5.90. The summed E-state index contributed by atoms with van der Waals surface area (Å²) in [6.45, 7) is 8.55. The van der Waals surface area contributed by atoms with Gasteiger partial charge in [-0.15, -0.1) is 24.0 Å². The fourth-order valence-electron chi connectivity index (χ4n) is 4.33. The first kappa shape index (κ1) is 20.5. The molecule has 3 unspecified atom stereocenters. The van der Waals surface area contributed by atoms with Crippen molar-refractivity contribution in [3.8, 4) is 0 Å². The van der Waals surface area contributed by atoms with E-state index in [1.54, 1.807) is 0 Å². The van der Waals surface area contributed by atoms with Gasteiger partial charge in [-0.3, -0.25) is 4.99 Å². The van der Waals surface area contributed by atoms with Gasteiger partial charge < -0.3 is 15.0 Å². The number of aryl methyl sites for hydroxylation is 1. The SMILES string of the molecule is CCc1ccc(CN(C)C(=NC)NC2C3CCOC3C2(C)C)cc1.I. The molecule has 1 heterocycles. The highest BCUT2D eigenvalue weighted by Crippen LogP contribution is 2.52. The summed E-state index contributed by atoms with van der Waals surface area (Å²) in [5.74, 6) is 1.59. The second-order valence-electron chi connectivity index (χ2n) is 7.76. The summed E-state index contributed by atoms with van der Waals surface area (Å²) in [6.07, 6.45) is 2.64. The summed E-state index contributed by atoms with van der Waals surface area (Å²) in [5, 5.41) is 3.70. The van der Waals surface area contributed by atoms with E-state index in [9.17, 15) is 0 Å². The predicted octanol–water partition coefficient (Wildman–Crippen LogP) is 3.69. The summed E-state index contributed by atoms with van der Waals surface area (Å²) in [6, 6.07) is 9.31. The summed E-state index contributed by atoms with van der Waals surface area (Å²) in [7, 11) is 3.98. The monoisotopic (exact) mass is 457 g/mol. The highest BCUT2D eigenvalue weighted by atomic mass is 127. The van der Waals surface area contributed by atoms with Gasteiger partial charge in [0.05, 0.1) is 6.10 Å². The summed E-state index contributed by atoms with van der Waals surface area (Å²) in [4.78, 5) is 6.72. The summed E-state index contributed by atoms with van der Waals surface area (Å²) >= 11 is 0. The lowest BCUT2D eigenvalue weighted by Crippen LogP contribution is -2.67. The minimum absolute atomic E-state index is 0. The molecule has 4 nitrogen and oxygen atoms in total. The minimum Gasteiger partial charge on any atom is -0.377 e. The molecule has 1 saturated carbocycles. The van der Waals surface area contributed by atoms with Crippen LogP contribution in [0.4, 0.5) is 0 Å². The van der Waals surface area contributed by atoms with Gasteiger partial charge >= 0.3 is 0 Å². The van der Waals surface area contributed by atoms with E-state index in [0.29, 0.717) is 18.1 Å². The first-order chi connectivity index (χ1) is 11.5. The molecule has 0 aromatic heterocycles. The van der Waals surface area contributed by atoms with Crippen molar-refractivity contribution in [2.24, 2.45) is 16.3 Å². The van der Waals surface area contributed by atoms with Crippen molar-refractivity contribution in [3.63, 3.8) is 0 Å².